The van der Waals surface area contributed by atoms with Crippen LogP contribution in [0, 0.1) is 28.5 Å². The summed E-state index contributed by atoms with van der Waals surface area (Å²) in [5.74, 6) is 0.354. The zero-order valence-corrected chi connectivity index (χ0v) is 11.5. The van der Waals surface area contributed by atoms with Gasteiger partial charge in [-0.05, 0) is 68.7 Å². The van der Waals surface area contributed by atoms with Crippen LogP contribution in [0.15, 0.2) is 18.2 Å². The summed E-state index contributed by atoms with van der Waals surface area (Å²) in [4.78, 5) is 0. The van der Waals surface area contributed by atoms with E-state index in [1.165, 1.54) is 6.07 Å². The Labute approximate surface area is 113 Å². The fourth-order valence-corrected chi connectivity index (χ4v) is 3.02. The predicted molar refractivity (Wildman–Crippen MR) is 70.9 cm³/mol. The van der Waals surface area contributed by atoms with Crippen molar-refractivity contribution in [1.82, 2.24) is 0 Å². The Morgan fingerprint density at radius 3 is 2.78 bits per heavy atom. The molecule has 1 aromatic rings. The quantitative estimate of drug-likeness (QED) is 0.745. The van der Waals surface area contributed by atoms with E-state index < -0.39 is 0 Å². The molecule has 1 aromatic carbocycles. The Kier molecular flexibility index (Phi) is 3.64. The highest BCUT2D eigenvalue weighted by molar-refractivity contribution is 6.30. The van der Waals surface area contributed by atoms with Gasteiger partial charge in [-0.1, -0.05) is 11.6 Å². The number of benzene rings is 1. The lowest BCUT2D eigenvalue weighted by Crippen LogP contribution is -2.19. The van der Waals surface area contributed by atoms with Gasteiger partial charge in [0.15, 0.2) is 0 Å². The zero-order chi connectivity index (χ0) is 13.3. The molecule has 96 valence electrons. The van der Waals surface area contributed by atoms with Crippen molar-refractivity contribution in [1.29, 1.82) is 5.26 Å². The lowest BCUT2D eigenvalue weighted by atomic mass is 9.78. The van der Waals surface area contributed by atoms with E-state index in [0.29, 0.717) is 16.5 Å². The van der Waals surface area contributed by atoms with Crippen LogP contribution in [0.3, 0.4) is 0 Å². The fraction of sp³-hybridized carbons (Fsp3) is 0.533. The number of nitrogens with zero attached hydrogens (tertiary/aromatic N) is 1. The van der Waals surface area contributed by atoms with Gasteiger partial charge in [0.05, 0.1) is 11.5 Å². The van der Waals surface area contributed by atoms with Crippen LogP contribution in [0.25, 0.3) is 0 Å². The number of halogens is 2. The van der Waals surface area contributed by atoms with Crippen molar-refractivity contribution < 1.29 is 4.39 Å². The summed E-state index contributed by atoms with van der Waals surface area (Å²) in [6, 6.07) is 7.09. The van der Waals surface area contributed by atoms with Gasteiger partial charge in [0.1, 0.15) is 5.82 Å². The number of hydrogen-bond donors (Lipinski definition) is 0. The summed E-state index contributed by atoms with van der Waals surface area (Å²) in [5.41, 5.74) is 0.378. The van der Waals surface area contributed by atoms with Crippen molar-refractivity contribution in [2.45, 2.75) is 39.0 Å². The summed E-state index contributed by atoms with van der Waals surface area (Å²) >= 11 is 5.93. The van der Waals surface area contributed by atoms with E-state index in [1.807, 2.05) is 13.8 Å². The molecule has 3 heteroatoms. The first-order valence-corrected chi connectivity index (χ1v) is 6.68. The molecule has 0 N–H and O–H groups in total. The molecule has 0 saturated heterocycles. The van der Waals surface area contributed by atoms with Gasteiger partial charge in [-0.15, -0.1) is 0 Å². The van der Waals surface area contributed by atoms with Crippen LogP contribution in [0.2, 0.25) is 5.02 Å². The number of rotatable bonds is 2. The number of nitriles is 1. The maximum absolute atomic E-state index is 13.8. The molecule has 1 aliphatic rings. The first-order valence-electron chi connectivity index (χ1n) is 6.30. The van der Waals surface area contributed by atoms with Crippen molar-refractivity contribution in [2.24, 2.45) is 11.3 Å². The minimum absolute atomic E-state index is 0.181. The second-order valence-electron chi connectivity index (χ2n) is 5.71. The predicted octanol–water partition coefficient (Wildman–Crippen LogP) is 4.91. The molecule has 1 saturated carbocycles. The third-order valence-electron chi connectivity index (χ3n) is 4.14. The van der Waals surface area contributed by atoms with Crippen molar-refractivity contribution in [3.05, 3.63) is 34.6 Å². The number of hydrogen-bond acceptors (Lipinski definition) is 1. The fourth-order valence-electron chi connectivity index (χ4n) is 2.84. The first-order chi connectivity index (χ1) is 8.44. The molecule has 0 aromatic heterocycles. The SMILES string of the molecule is CC(C)(C#N)[C@H]1CC[C@@H](c2cc(Cl)ccc2F)C1. The maximum Gasteiger partial charge on any atom is 0.126 e. The van der Waals surface area contributed by atoms with Crippen molar-refractivity contribution in [2.75, 3.05) is 0 Å². The minimum Gasteiger partial charge on any atom is -0.207 e. The minimum atomic E-state index is -0.330. The van der Waals surface area contributed by atoms with Crippen molar-refractivity contribution in [3.63, 3.8) is 0 Å². The third kappa shape index (κ3) is 2.52. The summed E-state index contributed by atoms with van der Waals surface area (Å²) in [6.07, 6.45) is 2.79. The topological polar surface area (TPSA) is 23.8 Å². The van der Waals surface area contributed by atoms with Gasteiger partial charge in [0.25, 0.3) is 0 Å². The molecule has 0 spiro atoms. The van der Waals surface area contributed by atoms with Gasteiger partial charge in [-0.3, -0.25) is 0 Å². The van der Waals surface area contributed by atoms with Crippen LogP contribution < -0.4 is 0 Å². The second kappa shape index (κ2) is 4.90. The van der Waals surface area contributed by atoms with Crippen LogP contribution in [0.1, 0.15) is 44.6 Å². The molecular formula is C15H17ClFN. The Hall–Kier alpha value is -1.07. The largest absolute Gasteiger partial charge is 0.207 e. The van der Waals surface area contributed by atoms with Crippen molar-refractivity contribution in [3.8, 4) is 6.07 Å². The summed E-state index contributed by atoms with van der Waals surface area (Å²) in [6.45, 7) is 3.93. The van der Waals surface area contributed by atoms with E-state index in [4.69, 9.17) is 16.9 Å². The second-order valence-corrected chi connectivity index (χ2v) is 6.14. The molecule has 0 aliphatic heterocycles. The van der Waals surface area contributed by atoms with Gasteiger partial charge in [0, 0.05) is 5.02 Å². The average Bonchev–Trinajstić information content (AvgIpc) is 2.82. The first kappa shape index (κ1) is 13.4. The monoisotopic (exact) mass is 265 g/mol. The van der Waals surface area contributed by atoms with Crippen LogP contribution in [0.4, 0.5) is 4.39 Å². The van der Waals surface area contributed by atoms with E-state index in [0.717, 1.165) is 19.3 Å². The molecule has 18 heavy (non-hydrogen) atoms. The summed E-state index contributed by atoms with van der Waals surface area (Å²) in [7, 11) is 0. The lowest BCUT2D eigenvalue weighted by molar-refractivity contribution is 0.297. The van der Waals surface area contributed by atoms with E-state index in [2.05, 4.69) is 6.07 Å². The van der Waals surface area contributed by atoms with Gasteiger partial charge in [0.2, 0.25) is 0 Å². The Balaban J connectivity index is 2.19. The van der Waals surface area contributed by atoms with Gasteiger partial charge < -0.3 is 0 Å². The van der Waals surface area contributed by atoms with E-state index >= 15 is 0 Å². The molecular weight excluding hydrogens is 249 g/mol. The maximum atomic E-state index is 13.8. The molecule has 2 atom stereocenters. The zero-order valence-electron chi connectivity index (χ0n) is 10.7. The molecule has 0 heterocycles. The highest BCUT2D eigenvalue weighted by Gasteiger charge is 2.37. The van der Waals surface area contributed by atoms with E-state index in [1.54, 1.807) is 12.1 Å². The van der Waals surface area contributed by atoms with Crippen molar-refractivity contribution >= 4 is 11.6 Å². The molecule has 1 aliphatic carbocycles. The van der Waals surface area contributed by atoms with Crippen LogP contribution in [0.5, 0.6) is 0 Å². The van der Waals surface area contributed by atoms with E-state index in [-0.39, 0.29) is 17.2 Å². The average molecular weight is 266 g/mol. The summed E-state index contributed by atoms with van der Waals surface area (Å²) in [5, 5.41) is 9.74. The van der Waals surface area contributed by atoms with E-state index in [9.17, 15) is 4.39 Å². The molecule has 0 amide bonds. The standard InChI is InChI=1S/C15H17ClFN/c1-15(2,9-18)11-4-3-10(7-11)13-8-12(16)5-6-14(13)17/h5-6,8,10-11H,3-4,7H2,1-2H3/t10-,11+/m1/s1. The third-order valence-corrected chi connectivity index (χ3v) is 4.37. The van der Waals surface area contributed by atoms with Gasteiger partial charge >= 0.3 is 0 Å². The lowest BCUT2D eigenvalue weighted by Gasteiger charge is -2.23. The smallest absolute Gasteiger partial charge is 0.126 e. The highest BCUT2D eigenvalue weighted by Crippen LogP contribution is 2.46. The molecule has 0 bridgehead atoms. The Morgan fingerprint density at radius 1 is 1.39 bits per heavy atom. The van der Waals surface area contributed by atoms with Crippen LogP contribution in [-0.4, -0.2) is 0 Å². The highest BCUT2D eigenvalue weighted by atomic mass is 35.5. The molecule has 2 rings (SSSR count). The van der Waals surface area contributed by atoms with Gasteiger partial charge in [-0.2, -0.15) is 5.26 Å². The Morgan fingerprint density at radius 2 is 2.11 bits per heavy atom. The molecule has 0 radical (unpaired) electrons. The normalized spacial score (nSPS) is 23.9. The van der Waals surface area contributed by atoms with Gasteiger partial charge in [-0.25, -0.2) is 4.39 Å². The Bertz CT molecular complexity index is 490. The molecule has 1 fully saturated rings. The molecule has 0 unspecified atom stereocenters. The summed E-state index contributed by atoms with van der Waals surface area (Å²) < 4.78 is 13.8. The van der Waals surface area contributed by atoms with Crippen LogP contribution >= 0.6 is 11.6 Å². The molecule has 1 nitrogen and oxygen atoms in total. The van der Waals surface area contributed by atoms with Crippen LogP contribution in [-0.2, 0) is 0 Å².